The summed E-state index contributed by atoms with van der Waals surface area (Å²) in [6.45, 7) is 4.01. The Balaban J connectivity index is 1.82. The van der Waals surface area contributed by atoms with E-state index in [2.05, 4.69) is 17.4 Å². The number of hydrogen-bond donors (Lipinski definition) is 2. The van der Waals surface area contributed by atoms with Gasteiger partial charge in [0, 0.05) is 16.7 Å². The fraction of sp³-hybridized carbons (Fsp3) is 0.0526. The zero-order chi connectivity index (χ0) is 18.1. The van der Waals surface area contributed by atoms with E-state index in [1.165, 1.54) is 6.08 Å². The zero-order valence-corrected chi connectivity index (χ0v) is 14.1. The Morgan fingerprint density at radius 2 is 1.72 bits per heavy atom. The van der Waals surface area contributed by atoms with E-state index in [4.69, 9.17) is 16.3 Å². The van der Waals surface area contributed by atoms with Crippen molar-refractivity contribution in [3.8, 4) is 5.75 Å². The molecule has 0 aliphatic heterocycles. The second kappa shape index (κ2) is 9.30. The molecule has 25 heavy (non-hydrogen) atoms. The molecule has 0 bridgehead atoms. The SMILES string of the molecule is C=CCOc1ccc(/C=C/C(=O)NNC(=O)c2ccc(Cl)cc2)cc1. The molecule has 0 fully saturated rings. The van der Waals surface area contributed by atoms with Gasteiger partial charge in [0.2, 0.25) is 0 Å². The number of benzene rings is 2. The van der Waals surface area contributed by atoms with Gasteiger partial charge in [-0.05, 0) is 48.0 Å². The summed E-state index contributed by atoms with van der Waals surface area (Å²) in [4.78, 5) is 23.6. The molecular formula is C19H17ClN2O3. The number of hydrazine groups is 1. The van der Waals surface area contributed by atoms with Gasteiger partial charge in [0.15, 0.2) is 0 Å². The Morgan fingerprint density at radius 1 is 1.04 bits per heavy atom. The van der Waals surface area contributed by atoms with Crippen LogP contribution in [0.1, 0.15) is 15.9 Å². The molecule has 0 aromatic heterocycles. The van der Waals surface area contributed by atoms with Crippen molar-refractivity contribution in [2.45, 2.75) is 0 Å². The van der Waals surface area contributed by atoms with E-state index >= 15 is 0 Å². The van der Waals surface area contributed by atoms with Gasteiger partial charge in [0.05, 0.1) is 0 Å². The van der Waals surface area contributed by atoms with Crippen molar-refractivity contribution in [3.63, 3.8) is 0 Å². The third kappa shape index (κ3) is 6.16. The number of amides is 2. The average Bonchev–Trinajstić information content (AvgIpc) is 2.64. The van der Waals surface area contributed by atoms with Crippen LogP contribution in [0.2, 0.25) is 5.02 Å². The van der Waals surface area contributed by atoms with Gasteiger partial charge in [0.25, 0.3) is 11.8 Å². The van der Waals surface area contributed by atoms with Crippen molar-refractivity contribution in [3.05, 3.63) is 83.4 Å². The highest BCUT2D eigenvalue weighted by Crippen LogP contribution is 2.13. The normalized spacial score (nSPS) is 10.3. The molecule has 0 saturated carbocycles. The molecule has 0 aliphatic carbocycles. The maximum atomic E-state index is 11.8. The first-order chi connectivity index (χ1) is 12.1. The van der Waals surface area contributed by atoms with E-state index in [-0.39, 0.29) is 0 Å². The fourth-order valence-electron chi connectivity index (χ4n) is 1.84. The first-order valence-corrected chi connectivity index (χ1v) is 7.84. The van der Waals surface area contributed by atoms with Crippen LogP contribution in [0.25, 0.3) is 6.08 Å². The van der Waals surface area contributed by atoms with Crippen LogP contribution in [0.5, 0.6) is 5.75 Å². The monoisotopic (exact) mass is 356 g/mol. The Labute approximate surface area is 150 Å². The summed E-state index contributed by atoms with van der Waals surface area (Å²) in [5.74, 6) is -0.159. The fourth-order valence-corrected chi connectivity index (χ4v) is 1.96. The number of carbonyl (C=O) groups is 2. The van der Waals surface area contributed by atoms with Crippen molar-refractivity contribution in [1.82, 2.24) is 10.9 Å². The van der Waals surface area contributed by atoms with Crippen molar-refractivity contribution in [2.24, 2.45) is 0 Å². The quantitative estimate of drug-likeness (QED) is 0.473. The van der Waals surface area contributed by atoms with Gasteiger partial charge >= 0.3 is 0 Å². The minimum absolute atomic E-state index is 0.392. The van der Waals surface area contributed by atoms with E-state index in [0.29, 0.717) is 17.2 Å². The Hall–Kier alpha value is -3.05. The molecule has 2 aromatic carbocycles. The molecule has 0 saturated heterocycles. The van der Waals surface area contributed by atoms with Crippen molar-refractivity contribution < 1.29 is 14.3 Å². The predicted molar refractivity (Wildman–Crippen MR) is 98.2 cm³/mol. The van der Waals surface area contributed by atoms with Crippen LogP contribution in [-0.2, 0) is 4.79 Å². The molecule has 0 spiro atoms. The molecule has 2 rings (SSSR count). The molecule has 2 amide bonds. The minimum Gasteiger partial charge on any atom is -0.490 e. The van der Waals surface area contributed by atoms with Crippen LogP contribution in [0, 0.1) is 0 Å². The van der Waals surface area contributed by atoms with Crippen molar-refractivity contribution in [1.29, 1.82) is 0 Å². The Kier molecular flexibility index (Phi) is 6.80. The maximum Gasteiger partial charge on any atom is 0.269 e. The number of rotatable bonds is 6. The van der Waals surface area contributed by atoms with Crippen LogP contribution < -0.4 is 15.6 Å². The maximum absolute atomic E-state index is 11.8. The molecule has 128 valence electrons. The first-order valence-electron chi connectivity index (χ1n) is 7.46. The lowest BCUT2D eigenvalue weighted by Crippen LogP contribution is -2.40. The van der Waals surface area contributed by atoms with E-state index in [1.807, 2.05) is 12.1 Å². The average molecular weight is 357 g/mol. The van der Waals surface area contributed by atoms with Crippen LogP contribution >= 0.6 is 11.6 Å². The lowest BCUT2D eigenvalue weighted by atomic mass is 10.2. The summed E-state index contributed by atoms with van der Waals surface area (Å²) in [6, 6.07) is 13.5. The largest absolute Gasteiger partial charge is 0.490 e. The third-order valence-corrected chi connectivity index (χ3v) is 3.33. The second-order valence-electron chi connectivity index (χ2n) is 4.95. The number of hydrogen-bond acceptors (Lipinski definition) is 3. The standard InChI is InChI=1S/C19H17ClN2O3/c1-2-13-25-17-10-3-14(4-11-17)5-12-18(23)21-22-19(24)15-6-8-16(20)9-7-15/h2-12H,1,13H2,(H,21,23)(H,22,24)/b12-5+. The van der Waals surface area contributed by atoms with Crippen LogP contribution in [0.3, 0.4) is 0 Å². The summed E-state index contributed by atoms with van der Waals surface area (Å²) in [7, 11) is 0. The molecule has 6 heteroatoms. The smallest absolute Gasteiger partial charge is 0.269 e. The van der Waals surface area contributed by atoms with Gasteiger partial charge in [-0.2, -0.15) is 0 Å². The minimum atomic E-state index is -0.450. The number of nitrogens with one attached hydrogen (secondary N) is 2. The first kappa shape index (κ1) is 18.3. The van der Waals surface area contributed by atoms with Gasteiger partial charge in [-0.1, -0.05) is 36.4 Å². The summed E-state index contributed by atoms with van der Waals surface area (Å²) < 4.78 is 5.37. The highest BCUT2D eigenvalue weighted by molar-refractivity contribution is 6.30. The van der Waals surface area contributed by atoms with Gasteiger partial charge in [-0.3, -0.25) is 20.4 Å². The molecule has 0 aliphatic rings. The Morgan fingerprint density at radius 3 is 2.36 bits per heavy atom. The van der Waals surface area contributed by atoms with Crippen LogP contribution in [0.15, 0.2) is 67.3 Å². The highest BCUT2D eigenvalue weighted by Gasteiger charge is 2.05. The number of halogens is 1. The van der Waals surface area contributed by atoms with Gasteiger partial charge in [-0.15, -0.1) is 0 Å². The number of ether oxygens (including phenoxy) is 1. The van der Waals surface area contributed by atoms with E-state index in [1.54, 1.807) is 48.6 Å². The molecule has 2 aromatic rings. The Bertz CT molecular complexity index is 768. The van der Waals surface area contributed by atoms with E-state index in [0.717, 1.165) is 11.3 Å². The van der Waals surface area contributed by atoms with E-state index < -0.39 is 11.8 Å². The molecule has 5 nitrogen and oxygen atoms in total. The second-order valence-corrected chi connectivity index (χ2v) is 5.39. The van der Waals surface area contributed by atoms with Gasteiger partial charge in [-0.25, -0.2) is 0 Å². The molecule has 0 heterocycles. The number of carbonyl (C=O) groups excluding carboxylic acids is 2. The highest BCUT2D eigenvalue weighted by atomic mass is 35.5. The van der Waals surface area contributed by atoms with E-state index in [9.17, 15) is 9.59 Å². The zero-order valence-electron chi connectivity index (χ0n) is 13.4. The predicted octanol–water partition coefficient (Wildman–Crippen LogP) is 3.38. The summed E-state index contributed by atoms with van der Waals surface area (Å²) >= 11 is 5.76. The van der Waals surface area contributed by atoms with Crippen LogP contribution in [-0.4, -0.2) is 18.4 Å². The molecular weight excluding hydrogens is 340 g/mol. The lowest BCUT2D eigenvalue weighted by molar-refractivity contribution is -0.117. The molecule has 0 atom stereocenters. The lowest BCUT2D eigenvalue weighted by Gasteiger charge is -2.05. The summed E-state index contributed by atoms with van der Waals surface area (Å²) in [6.07, 6.45) is 4.61. The van der Waals surface area contributed by atoms with Gasteiger partial charge in [0.1, 0.15) is 12.4 Å². The third-order valence-electron chi connectivity index (χ3n) is 3.08. The van der Waals surface area contributed by atoms with Crippen LogP contribution in [0.4, 0.5) is 0 Å². The van der Waals surface area contributed by atoms with Gasteiger partial charge < -0.3 is 4.74 Å². The molecule has 0 unspecified atom stereocenters. The van der Waals surface area contributed by atoms with Crippen molar-refractivity contribution in [2.75, 3.05) is 6.61 Å². The molecule has 0 radical (unpaired) electrons. The van der Waals surface area contributed by atoms with Crippen molar-refractivity contribution >= 4 is 29.5 Å². The summed E-state index contributed by atoms with van der Waals surface area (Å²) in [5, 5.41) is 0.532. The topological polar surface area (TPSA) is 67.4 Å². The molecule has 2 N–H and O–H groups in total. The summed E-state index contributed by atoms with van der Waals surface area (Å²) in [5.41, 5.74) is 5.85.